The minimum absolute atomic E-state index is 0.678. The van der Waals surface area contributed by atoms with E-state index in [1.54, 1.807) is 0 Å². The standard InChI is InChI=1S/C4H6O5.C3H9N/c1-2-3(5)9-4(6,7)8;1-4(2)3/h2,6-8H,1H2;1-3H3. The Morgan fingerprint density at radius 2 is 1.69 bits per heavy atom. The Hall–Kier alpha value is -0.950. The third-order valence-corrected chi connectivity index (χ3v) is 0.404. The maximum Gasteiger partial charge on any atom is 0.455 e. The van der Waals surface area contributed by atoms with Crippen molar-refractivity contribution in [3.05, 3.63) is 12.7 Å². The first-order chi connectivity index (χ1) is 5.69. The van der Waals surface area contributed by atoms with E-state index in [2.05, 4.69) is 11.3 Å². The average molecular weight is 193 g/mol. The third kappa shape index (κ3) is 24.7. The van der Waals surface area contributed by atoms with Crippen molar-refractivity contribution < 1.29 is 24.9 Å². The summed E-state index contributed by atoms with van der Waals surface area (Å²) in [4.78, 5) is 12.0. The second-order valence-electron chi connectivity index (χ2n) is 2.54. The predicted molar refractivity (Wildman–Crippen MR) is 45.3 cm³/mol. The summed E-state index contributed by atoms with van der Waals surface area (Å²) in [5.74, 6) is -1.12. The largest absolute Gasteiger partial charge is 0.455 e. The number of nitrogens with zero attached hydrogens (tertiary/aromatic N) is 1. The van der Waals surface area contributed by atoms with Crippen molar-refractivity contribution in [3.8, 4) is 0 Å². The summed E-state index contributed by atoms with van der Waals surface area (Å²) in [5.41, 5.74) is 0. The van der Waals surface area contributed by atoms with Gasteiger partial charge in [-0.2, -0.15) is 0 Å². The van der Waals surface area contributed by atoms with Crippen molar-refractivity contribution in [2.45, 2.75) is 6.16 Å². The Labute approximate surface area is 76.7 Å². The number of hydrogen-bond donors (Lipinski definition) is 3. The van der Waals surface area contributed by atoms with Crippen LogP contribution in [-0.2, 0) is 9.53 Å². The highest BCUT2D eigenvalue weighted by Crippen LogP contribution is 1.94. The first-order valence-corrected chi connectivity index (χ1v) is 3.32. The lowest BCUT2D eigenvalue weighted by atomic mass is 10.7. The second-order valence-corrected chi connectivity index (χ2v) is 2.54. The molecule has 0 unspecified atom stereocenters. The summed E-state index contributed by atoms with van der Waals surface area (Å²) >= 11 is 0. The SMILES string of the molecule is C=CC(=O)OC(O)(O)O.CN(C)C. The van der Waals surface area contributed by atoms with Crippen LogP contribution in [0.3, 0.4) is 0 Å². The van der Waals surface area contributed by atoms with Crippen LogP contribution in [0.2, 0.25) is 0 Å². The van der Waals surface area contributed by atoms with Crippen LogP contribution in [0.4, 0.5) is 0 Å². The van der Waals surface area contributed by atoms with Gasteiger partial charge in [0.05, 0.1) is 0 Å². The lowest BCUT2D eigenvalue weighted by Gasteiger charge is -2.11. The predicted octanol–water partition coefficient (Wildman–Crippen LogP) is -1.52. The van der Waals surface area contributed by atoms with Gasteiger partial charge < -0.3 is 25.0 Å². The minimum Gasteiger partial charge on any atom is -0.381 e. The van der Waals surface area contributed by atoms with Crippen molar-refractivity contribution in [3.63, 3.8) is 0 Å². The van der Waals surface area contributed by atoms with Gasteiger partial charge in [-0.1, -0.05) is 6.58 Å². The van der Waals surface area contributed by atoms with Crippen molar-refractivity contribution in [1.29, 1.82) is 0 Å². The summed E-state index contributed by atoms with van der Waals surface area (Å²) in [6.45, 7) is 2.94. The molecule has 0 saturated carbocycles. The first kappa shape index (κ1) is 14.6. The molecule has 0 saturated heterocycles. The van der Waals surface area contributed by atoms with E-state index in [1.807, 2.05) is 26.0 Å². The van der Waals surface area contributed by atoms with Gasteiger partial charge in [0.1, 0.15) is 0 Å². The molecule has 0 amide bonds. The molecule has 0 aromatic rings. The molecule has 3 N–H and O–H groups in total. The number of carbonyl (C=O) groups is 1. The van der Waals surface area contributed by atoms with Crippen molar-refractivity contribution in [2.75, 3.05) is 21.1 Å². The smallest absolute Gasteiger partial charge is 0.381 e. The van der Waals surface area contributed by atoms with E-state index in [4.69, 9.17) is 15.3 Å². The van der Waals surface area contributed by atoms with Gasteiger partial charge in [0, 0.05) is 6.08 Å². The van der Waals surface area contributed by atoms with Gasteiger partial charge in [0.25, 0.3) is 0 Å². The molecule has 0 heterocycles. The summed E-state index contributed by atoms with van der Waals surface area (Å²) in [5, 5.41) is 23.8. The molecule has 0 aliphatic rings. The Kier molecular flexibility index (Phi) is 7.34. The molecular formula is C7H15NO5. The monoisotopic (exact) mass is 193 g/mol. The van der Waals surface area contributed by atoms with Crippen LogP contribution in [0.25, 0.3) is 0 Å². The maximum absolute atomic E-state index is 10.0. The van der Waals surface area contributed by atoms with E-state index in [0.29, 0.717) is 6.08 Å². The topological polar surface area (TPSA) is 90.2 Å². The fourth-order valence-electron chi connectivity index (χ4n) is 0.177. The normalized spacial score (nSPS) is 10.1. The zero-order valence-electron chi connectivity index (χ0n) is 7.89. The van der Waals surface area contributed by atoms with Gasteiger partial charge in [0.15, 0.2) is 0 Å². The zero-order valence-corrected chi connectivity index (χ0v) is 7.89. The van der Waals surface area contributed by atoms with E-state index in [-0.39, 0.29) is 0 Å². The third-order valence-electron chi connectivity index (χ3n) is 0.404. The molecule has 0 radical (unpaired) electrons. The minimum atomic E-state index is -3.40. The number of rotatable bonds is 2. The molecular weight excluding hydrogens is 178 g/mol. The fraction of sp³-hybridized carbons (Fsp3) is 0.571. The lowest BCUT2D eigenvalue weighted by molar-refractivity contribution is -0.434. The fourth-order valence-corrected chi connectivity index (χ4v) is 0.177. The molecule has 0 atom stereocenters. The van der Waals surface area contributed by atoms with E-state index >= 15 is 0 Å². The summed E-state index contributed by atoms with van der Waals surface area (Å²) in [6, 6.07) is 0. The quantitative estimate of drug-likeness (QED) is 0.280. The molecule has 0 spiro atoms. The number of aliphatic hydroxyl groups is 3. The van der Waals surface area contributed by atoms with E-state index in [9.17, 15) is 4.79 Å². The highest BCUT2D eigenvalue weighted by Gasteiger charge is 2.22. The van der Waals surface area contributed by atoms with Crippen LogP contribution >= 0.6 is 0 Å². The lowest BCUT2D eigenvalue weighted by Crippen LogP contribution is -2.33. The van der Waals surface area contributed by atoms with E-state index in [1.165, 1.54) is 0 Å². The first-order valence-electron chi connectivity index (χ1n) is 3.32. The Morgan fingerprint density at radius 1 is 1.38 bits per heavy atom. The van der Waals surface area contributed by atoms with Crippen molar-refractivity contribution in [2.24, 2.45) is 0 Å². The molecule has 0 aromatic carbocycles. The van der Waals surface area contributed by atoms with Gasteiger partial charge in [-0.15, -0.1) is 0 Å². The van der Waals surface area contributed by atoms with Crippen LogP contribution in [-0.4, -0.2) is 53.5 Å². The molecule has 0 aromatic heterocycles. The van der Waals surface area contributed by atoms with Crippen molar-refractivity contribution in [1.82, 2.24) is 4.90 Å². The van der Waals surface area contributed by atoms with E-state index in [0.717, 1.165) is 0 Å². The molecule has 13 heavy (non-hydrogen) atoms. The van der Waals surface area contributed by atoms with Crippen LogP contribution in [0, 0.1) is 0 Å². The van der Waals surface area contributed by atoms with Crippen LogP contribution in [0.5, 0.6) is 0 Å². The molecule has 0 aliphatic heterocycles. The number of esters is 1. The summed E-state index contributed by atoms with van der Waals surface area (Å²) in [6.07, 6.45) is -2.72. The Bertz CT molecular complexity index is 158. The second kappa shape index (κ2) is 6.55. The van der Waals surface area contributed by atoms with E-state index < -0.39 is 12.1 Å². The molecule has 0 fully saturated rings. The zero-order chi connectivity index (χ0) is 11.1. The summed E-state index contributed by atoms with van der Waals surface area (Å²) in [7, 11) is 6.00. The molecule has 0 bridgehead atoms. The molecule has 6 nitrogen and oxygen atoms in total. The van der Waals surface area contributed by atoms with Gasteiger partial charge in [-0.3, -0.25) is 0 Å². The van der Waals surface area contributed by atoms with Crippen LogP contribution < -0.4 is 0 Å². The Morgan fingerprint density at radius 3 is 1.77 bits per heavy atom. The molecule has 0 aliphatic carbocycles. The Balaban J connectivity index is 0. The van der Waals surface area contributed by atoms with Gasteiger partial charge in [-0.25, -0.2) is 4.79 Å². The van der Waals surface area contributed by atoms with Crippen LogP contribution in [0.1, 0.15) is 0 Å². The molecule has 6 heteroatoms. The van der Waals surface area contributed by atoms with Gasteiger partial charge in [0.2, 0.25) is 0 Å². The van der Waals surface area contributed by atoms with Gasteiger partial charge >= 0.3 is 12.1 Å². The average Bonchev–Trinajstić information content (AvgIpc) is 1.82. The van der Waals surface area contributed by atoms with Crippen molar-refractivity contribution >= 4 is 5.97 Å². The number of hydrogen-bond acceptors (Lipinski definition) is 6. The number of ether oxygens (including phenoxy) is 1. The van der Waals surface area contributed by atoms with Crippen LogP contribution in [0.15, 0.2) is 12.7 Å². The molecule has 78 valence electrons. The highest BCUT2D eigenvalue weighted by atomic mass is 16.9. The maximum atomic E-state index is 10.0. The molecule has 0 rings (SSSR count). The van der Waals surface area contributed by atoms with Gasteiger partial charge in [-0.05, 0) is 21.1 Å². The highest BCUT2D eigenvalue weighted by molar-refractivity contribution is 5.81. The number of carbonyl (C=O) groups excluding carboxylic acids is 1. The summed E-state index contributed by atoms with van der Waals surface area (Å²) < 4.78 is 3.50.